The van der Waals surface area contributed by atoms with E-state index in [1.165, 1.54) is 111 Å². The van der Waals surface area contributed by atoms with Gasteiger partial charge in [0.15, 0.2) is 0 Å². The average Bonchev–Trinajstić information content (AvgIpc) is 0.850. The third-order valence-electron chi connectivity index (χ3n) is 15.8. The predicted octanol–water partition coefficient (Wildman–Crippen LogP) is 21.0. The van der Waals surface area contributed by atoms with Crippen molar-refractivity contribution in [2.24, 2.45) is 0 Å². The second-order valence-corrected chi connectivity index (χ2v) is 25.8. The van der Waals surface area contributed by atoms with E-state index < -0.39 is 11.7 Å². The van der Waals surface area contributed by atoms with Crippen molar-refractivity contribution in [1.82, 2.24) is 0 Å². The van der Waals surface area contributed by atoms with Gasteiger partial charge in [0.25, 0.3) is 0 Å². The number of ether oxygens (including phenoxy) is 1. The fraction of sp³-hybridized carbons (Fsp3) is 0.357. The number of piperidine rings is 1. The number of aryl methyl sites for hydroxylation is 6. The van der Waals surface area contributed by atoms with Crippen LogP contribution in [0.2, 0.25) is 0 Å². The molecule has 0 bridgehead atoms. The van der Waals surface area contributed by atoms with E-state index in [1.807, 2.05) is 75.4 Å². The van der Waals surface area contributed by atoms with Crippen LogP contribution in [0.5, 0.6) is 5.75 Å². The minimum Gasteiger partial charge on any atom is -0.508 e. The summed E-state index contributed by atoms with van der Waals surface area (Å²) in [5.74, 6) is 0.311. The summed E-state index contributed by atoms with van der Waals surface area (Å²) >= 11 is 2.88. The van der Waals surface area contributed by atoms with Gasteiger partial charge in [0.05, 0.1) is 5.56 Å². The second-order valence-electron chi connectivity index (χ2n) is 25.0. The monoisotopic (exact) mass is 1400 g/mol. The fourth-order valence-electron chi connectivity index (χ4n) is 11.0. The molecule has 0 saturated carbocycles. The molecule has 98 heavy (non-hydrogen) atoms. The Hall–Kier alpha value is -8.59. The molecule has 9 aromatic rings. The van der Waals surface area contributed by atoms with E-state index in [1.54, 1.807) is 37.2 Å². The van der Waals surface area contributed by atoms with E-state index in [4.69, 9.17) is 9.84 Å². The van der Waals surface area contributed by atoms with Crippen molar-refractivity contribution >= 4 is 61.4 Å². The summed E-state index contributed by atoms with van der Waals surface area (Å²) in [4.78, 5) is 17.0. The molecule has 0 radical (unpaired) electrons. The van der Waals surface area contributed by atoms with Crippen molar-refractivity contribution in [2.75, 3.05) is 149 Å². The van der Waals surface area contributed by atoms with Crippen LogP contribution in [0.3, 0.4) is 0 Å². The lowest BCUT2D eigenvalue weighted by molar-refractivity contribution is -0.138. The quantitative estimate of drug-likeness (QED) is 0.100. The van der Waals surface area contributed by atoms with E-state index >= 15 is 0 Å². The standard InChI is InChI=1S/C14H15N.C11H15N.2C11H17N.C10H15NO.C10H15N.C9H9BrF3N.C8H11NO/c1-15(14-10-6-3-7-11-14)12-13-8-4-2-5-9-13;1-3-7-11(8-4-1)12-9-5-2-6-10-12;1-8-6-9(2)11(12(4)5)10(3)7-8;1-4-12(5-2)11-8-6-7-10(3)9-11;1-3-12-9-11(2)10-7-5-4-6-8-10;1-8-6-5-7-9(2)10(8)11(3)4;1-14(2)6-3-4-8(10)7(5-6)9(11,12)13;1-9(2)7-4-3-5-8(10)6-7/h2-11H,12H2,1H3;1,3-4,7-8H,2,5-6,9-10H2;6-7H,1-5H3;6-9H,4-5H2,1-3H3;4-8H,3,9H2,1-2H3;5-7H,1-4H3;3-5H,1-2H3;3-6,10H,1-2H3. The van der Waals surface area contributed by atoms with Gasteiger partial charge in [-0.05, 0) is 194 Å². The van der Waals surface area contributed by atoms with E-state index in [-0.39, 0.29) is 4.47 Å². The van der Waals surface area contributed by atoms with Gasteiger partial charge in [-0.15, -0.1) is 0 Å². The van der Waals surface area contributed by atoms with Crippen molar-refractivity contribution in [3.63, 3.8) is 0 Å². The summed E-state index contributed by atoms with van der Waals surface area (Å²) in [6.45, 7) is 26.3. The van der Waals surface area contributed by atoms with Crippen LogP contribution >= 0.6 is 15.9 Å². The number of hydrogen-bond donors (Lipinski definition) is 1. The molecule has 1 N–H and O–H groups in total. The first kappa shape index (κ1) is 83.6. The second kappa shape index (κ2) is 45.1. The Morgan fingerprint density at radius 2 is 0.867 bits per heavy atom. The lowest BCUT2D eigenvalue weighted by Gasteiger charge is -2.28. The van der Waals surface area contributed by atoms with Gasteiger partial charge >= 0.3 is 6.18 Å². The summed E-state index contributed by atoms with van der Waals surface area (Å²) in [5.41, 5.74) is 18.2. The van der Waals surface area contributed by atoms with Crippen molar-refractivity contribution < 1.29 is 23.0 Å². The van der Waals surface area contributed by atoms with Crippen LogP contribution < -0.4 is 39.2 Å². The van der Waals surface area contributed by atoms with Crippen LogP contribution in [0.1, 0.15) is 84.5 Å². The summed E-state index contributed by atoms with van der Waals surface area (Å²) in [6, 6.07) is 72.6. The highest BCUT2D eigenvalue weighted by molar-refractivity contribution is 9.10. The van der Waals surface area contributed by atoms with Gasteiger partial charge in [-0.25, -0.2) is 0 Å². The number of alkyl halides is 3. The molecule has 530 valence electrons. The summed E-state index contributed by atoms with van der Waals surface area (Å²) < 4.78 is 42.7. The number of rotatable bonds is 15. The molecule has 0 amide bonds. The molecular weight excluding hydrogens is 1290 g/mol. The van der Waals surface area contributed by atoms with Crippen LogP contribution in [0.4, 0.5) is 58.7 Å². The van der Waals surface area contributed by atoms with Gasteiger partial charge in [0.2, 0.25) is 0 Å². The first-order valence-corrected chi connectivity index (χ1v) is 34.7. The average molecular weight is 1400 g/mol. The van der Waals surface area contributed by atoms with Gasteiger partial charge in [-0.2, -0.15) is 13.2 Å². The number of halogens is 4. The minimum atomic E-state index is -4.31. The summed E-state index contributed by atoms with van der Waals surface area (Å²) in [6.07, 6.45) is -0.196. The minimum absolute atomic E-state index is 0.0654. The highest BCUT2D eigenvalue weighted by Crippen LogP contribution is 2.37. The van der Waals surface area contributed by atoms with Gasteiger partial charge in [-0.1, -0.05) is 155 Å². The van der Waals surface area contributed by atoms with Crippen molar-refractivity contribution in [1.29, 1.82) is 0 Å². The lowest BCUT2D eigenvalue weighted by atomic mass is 10.0. The Morgan fingerprint density at radius 1 is 0.429 bits per heavy atom. The Kier molecular flexibility index (Phi) is 38.5. The first-order chi connectivity index (χ1) is 46.6. The van der Waals surface area contributed by atoms with E-state index in [0.29, 0.717) is 18.2 Å². The number of para-hydroxylation sites is 4. The normalized spacial score (nSPS) is 11.1. The van der Waals surface area contributed by atoms with Gasteiger partial charge in [0, 0.05) is 166 Å². The Bertz CT molecular complexity index is 3540. The number of hydrogen-bond acceptors (Lipinski definition) is 10. The lowest BCUT2D eigenvalue weighted by Crippen LogP contribution is -2.29. The highest BCUT2D eigenvalue weighted by Gasteiger charge is 2.33. The smallest absolute Gasteiger partial charge is 0.417 e. The molecule has 0 unspecified atom stereocenters. The van der Waals surface area contributed by atoms with Crippen LogP contribution in [-0.2, 0) is 17.5 Å². The Morgan fingerprint density at radius 3 is 1.31 bits per heavy atom. The Labute approximate surface area is 597 Å². The summed E-state index contributed by atoms with van der Waals surface area (Å²) in [7, 11) is 19.7. The molecule has 0 atom stereocenters. The molecule has 0 aliphatic carbocycles. The highest BCUT2D eigenvalue weighted by atomic mass is 79.9. The van der Waals surface area contributed by atoms with Crippen LogP contribution in [-0.4, -0.2) is 115 Å². The molecule has 0 spiro atoms. The summed E-state index contributed by atoms with van der Waals surface area (Å²) in [5, 5.41) is 9.04. The molecule has 10 nitrogen and oxygen atoms in total. The maximum atomic E-state index is 12.4. The van der Waals surface area contributed by atoms with E-state index in [0.717, 1.165) is 38.0 Å². The SMILES string of the molecule is CCN(CC)c1cccc(C)c1.CCOCN(C)c1ccccc1.CN(C)c1ccc(Br)c(C(F)(F)F)c1.CN(C)c1cccc(O)c1.CN(Cc1ccccc1)c1ccccc1.Cc1cc(C)c(N(C)C)c(C)c1.Cc1cccc(C)c1N(C)C.c1ccc(N2CCCCC2)cc1. The molecular formula is C84H114BrF3N8O2. The van der Waals surface area contributed by atoms with Crippen LogP contribution in [0.15, 0.2) is 223 Å². The molecule has 1 aliphatic rings. The van der Waals surface area contributed by atoms with Crippen molar-refractivity contribution in [2.45, 2.75) is 94.3 Å². The number of aromatic hydroxyl groups is 1. The molecule has 1 aliphatic heterocycles. The number of phenols is 1. The molecule has 1 saturated heterocycles. The van der Waals surface area contributed by atoms with Crippen LogP contribution in [0, 0.1) is 41.5 Å². The maximum Gasteiger partial charge on any atom is 0.417 e. The molecule has 10 rings (SSSR count). The number of phenolic OH excluding ortho intramolecular Hbond substituents is 1. The van der Waals surface area contributed by atoms with Gasteiger partial charge < -0.3 is 49.0 Å². The van der Waals surface area contributed by atoms with E-state index in [9.17, 15) is 13.2 Å². The van der Waals surface area contributed by atoms with Gasteiger partial charge in [-0.3, -0.25) is 0 Å². The number of anilines is 8. The zero-order valence-electron chi connectivity index (χ0n) is 62.3. The largest absolute Gasteiger partial charge is 0.508 e. The molecule has 0 aromatic heterocycles. The molecule has 1 heterocycles. The fourth-order valence-corrected chi connectivity index (χ4v) is 11.5. The molecule has 9 aromatic carbocycles. The van der Waals surface area contributed by atoms with Crippen molar-refractivity contribution in [3.05, 3.63) is 267 Å². The Balaban J connectivity index is 0.000000292. The van der Waals surface area contributed by atoms with Gasteiger partial charge in [0.1, 0.15) is 12.5 Å². The first-order valence-electron chi connectivity index (χ1n) is 33.9. The molecule has 1 fully saturated rings. The van der Waals surface area contributed by atoms with Crippen LogP contribution in [0.25, 0.3) is 0 Å². The predicted molar refractivity (Wildman–Crippen MR) is 425 cm³/mol. The zero-order valence-corrected chi connectivity index (χ0v) is 63.9. The number of benzene rings is 9. The third-order valence-corrected chi connectivity index (χ3v) is 16.5. The molecule has 14 heteroatoms. The van der Waals surface area contributed by atoms with E-state index in [2.05, 4.69) is 282 Å². The zero-order chi connectivity index (χ0) is 72.7. The topological polar surface area (TPSA) is 55.4 Å². The maximum absolute atomic E-state index is 12.4. The number of nitrogens with zero attached hydrogens (tertiary/aromatic N) is 8. The third kappa shape index (κ3) is 31.3. The van der Waals surface area contributed by atoms with Crippen molar-refractivity contribution in [3.8, 4) is 5.75 Å².